The number of rotatable bonds is 2. The molecule has 1 heterocycles. The van der Waals surface area contributed by atoms with Crippen LogP contribution in [0.1, 0.15) is 32.2 Å². The van der Waals surface area contributed by atoms with Crippen LogP contribution in [-0.4, -0.2) is 28.1 Å². The van der Waals surface area contributed by atoms with Gasteiger partial charge in [0.1, 0.15) is 5.75 Å². The van der Waals surface area contributed by atoms with E-state index < -0.39 is 0 Å². The molecule has 1 N–H and O–H groups in total. The lowest BCUT2D eigenvalue weighted by Crippen LogP contribution is -2.28. The minimum Gasteiger partial charge on any atom is -0.495 e. The Bertz CT molecular complexity index is 626. The van der Waals surface area contributed by atoms with Crippen LogP contribution in [0.5, 0.6) is 5.75 Å². The predicted molar refractivity (Wildman–Crippen MR) is 82.0 cm³/mol. The molecule has 0 radical (unpaired) electrons. The third kappa shape index (κ3) is 2.44. The molecule has 1 aromatic heterocycles. The van der Waals surface area contributed by atoms with Crippen LogP contribution in [0, 0.1) is 5.92 Å². The first-order valence-corrected chi connectivity index (χ1v) is 7.78. The highest BCUT2D eigenvalue weighted by atomic mass is 79.9. The summed E-state index contributed by atoms with van der Waals surface area (Å²) in [7, 11) is 1.66. The number of methoxy groups -OCH3 is 1. The summed E-state index contributed by atoms with van der Waals surface area (Å²) in [5.74, 6) is 1.14. The lowest BCUT2D eigenvalue weighted by atomic mass is 9.85. The molecule has 0 amide bonds. The van der Waals surface area contributed by atoms with Crippen LogP contribution < -0.4 is 4.74 Å². The molecule has 1 fully saturated rings. The van der Waals surface area contributed by atoms with Crippen molar-refractivity contribution in [3.05, 3.63) is 22.8 Å². The second-order valence-electron chi connectivity index (χ2n) is 5.67. The summed E-state index contributed by atoms with van der Waals surface area (Å²) in [6.07, 6.45) is 4.75. The van der Waals surface area contributed by atoms with Gasteiger partial charge in [0.25, 0.3) is 0 Å². The normalized spacial score (nSPS) is 26.9. The molecule has 0 spiro atoms. The fourth-order valence-electron chi connectivity index (χ4n) is 2.98. The molecule has 1 aromatic carbocycles. The second-order valence-corrected chi connectivity index (χ2v) is 6.52. The van der Waals surface area contributed by atoms with Gasteiger partial charge in [-0.3, -0.25) is 4.68 Å². The summed E-state index contributed by atoms with van der Waals surface area (Å²) in [5, 5.41) is 15.6. The molecule has 1 saturated carbocycles. The van der Waals surface area contributed by atoms with E-state index in [0.29, 0.717) is 12.0 Å². The van der Waals surface area contributed by atoms with E-state index in [1.165, 1.54) is 0 Å². The monoisotopic (exact) mass is 338 g/mol. The maximum atomic E-state index is 9.83. The summed E-state index contributed by atoms with van der Waals surface area (Å²) in [6.45, 7) is 2.11. The summed E-state index contributed by atoms with van der Waals surface area (Å²) >= 11 is 3.51. The Labute approximate surface area is 126 Å². The van der Waals surface area contributed by atoms with Gasteiger partial charge < -0.3 is 9.84 Å². The fourth-order valence-corrected chi connectivity index (χ4v) is 3.50. The fraction of sp³-hybridized carbons (Fsp3) is 0.533. The Balaban J connectivity index is 1.93. The van der Waals surface area contributed by atoms with E-state index in [1.54, 1.807) is 7.11 Å². The highest BCUT2D eigenvalue weighted by Gasteiger charge is 2.27. The van der Waals surface area contributed by atoms with Crippen LogP contribution in [0.3, 0.4) is 0 Å². The van der Waals surface area contributed by atoms with Gasteiger partial charge in [-0.25, -0.2) is 0 Å². The zero-order chi connectivity index (χ0) is 14.3. The SMILES string of the molecule is COc1cc2nn([C@@H]3CC[C@H](O)C(C)C3)cc2cc1Br. The van der Waals surface area contributed by atoms with Crippen molar-refractivity contribution in [1.82, 2.24) is 9.78 Å². The first-order chi connectivity index (χ1) is 9.58. The van der Waals surface area contributed by atoms with Crippen LogP contribution in [0.25, 0.3) is 10.9 Å². The Hall–Kier alpha value is -1.07. The number of aromatic nitrogens is 2. The molecule has 3 atom stereocenters. The highest BCUT2D eigenvalue weighted by molar-refractivity contribution is 9.10. The van der Waals surface area contributed by atoms with Gasteiger partial charge in [-0.05, 0) is 47.2 Å². The molecule has 5 heteroatoms. The smallest absolute Gasteiger partial charge is 0.135 e. The molecule has 4 nitrogen and oxygen atoms in total. The van der Waals surface area contributed by atoms with Crippen LogP contribution in [0.15, 0.2) is 22.8 Å². The number of hydrogen-bond acceptors (Lipinski definition) is 3. The van der Waals surface area contributed by atoms with Crippen molar-refractivity contribution < 1.29 is 9.84 Å². The molecule has 0 saturated heterocycles. The number of aliphatic hydroxyl groups excluding tert-OH is 1. The zero-order valence-corrected chi connectivity index (χ0v) is 13.3. The van der Waals surface area contributed by atoms with Crippen LogP contribution in [0.4, 0.5) is 0 Å². The number of benzene rings is 1. The zero-order valence-electron chi connectivity index (χ0n) is 11.7. The summed E-state index contributed by atoms with van der Waals surface area (Å²) in [4.78, 5) is 0. The van der Waals surface area contributed by atoms with Gasteiger partial charge >= 0.3 is 0 Å². The quantitative estimate of drug-likeness (QED) is 0.911. The van der Waals surface area contributed by atoms with Gasteiger partial charge in [-0.1, -0.05) is 6.92 Å². The van der Waals surface area contributed by atoms with Crippen molar-refractivity contribution in [3.63, 3.8) is 0 Å². The third-order valence-corrected chi connectivity index (χ3v) is 4.89. The number of ether oxygens (including phenoxy) is 1. The Morgan fingerprint density at radius 3 is 2.90 bits per heavy atom. The first kappa shape index (κ1) is 13.9. The summed E-state index contributed by atoms with van der Waals surface area (Å²) in [5.41, 5.74) is 0.948. The van der Waals surface area contributed by atoms with Crippen LogP contribution in [0.2, 0.25) is 0 Å². The van der Waals surface area contributed by atoms with Crippen molar-refractivity contribution in [1.29, 1.82) is 0 Å². The lowest BCUT2D eigenvalue weighted by molar-refractivity contribution is 0.0574. The lowest BCUT2D eigenvalue weighted by Gasteiger charge is -2.31. The number of fused-ring (bicyclic) bond motifs is 1. The van der Waals surface area contributed by atoms with E-state index in [-0.39, 0.29) is 6.10 Å². The molecular weight excluding hydrogens is 320 g/mol. The van der Waals surface area contributed by atoms with Gasteiger partial charge in [0.05, 0.1) is 29.2 Å². The standard InChI is InChI=1S/C15H19BrN2O2/c1-9-5-11(3-4-14(9)19)18-8-10-6-12(16)15(20-2)7-13(10)17-18/h6-9,11,14,19H,3-5H2,1-2H3/t9?,11-,14+/m1/s1. The average molecular weight is 339 g/mol. The molecule has 3 rings (SSSR count). The van der Waals surface area contributed by atoms with Crippen molar-refractivity contribution in [2.24, 2.45) is 5.92 Å². The predicted octanol–water partition coefficient (Wildman–Crippen LogP) is 3.53. The van der Waals surface area contributed by atoms with Crippen LogP contribution in [-0.2, 0) is 0 Å². The molecule has 1 aliphatic rings. The second kappa shape index (κ2) is 5.37. The van der Waals surface area contributed by atoms with Gasteiger partial charge in [0.2, 0.25) is 0 Å². The Morgan fingerprint density at radius 1 is 1.40 bits per heavy atom. The van der Waals surface area contributed by atoms with E-state index in [4.69, 9.17) is 4.74 Å². The Morgan fingerprint density at radius 2 is 2.20 bits per heavy atom. The van der Waals surface area contributed by atoms with Gasteiger partial charge in [-0.15, -0.1) is 0 Å². The van der Waals surface area contributed by atoms with Crippen LogP contribution >= 0.6 is 15.9 Å². The van der Waals surface area contributed by atoms with Gasteiger partial charge in [0.15, 0.2) is 0 Å². The molecule has 0 bridgehead atoms. The van der Waals surface area contributed by atoms with E-state index >= 15 is 0 Å². The number of nitrogens with zero attached hydrogens (tertiary/aromatic N) is 2. The summed E-state index contributed by atoms with van der Waals surface area (Å²) in [6, 6.07) is 4.38. The maximum absolute atomic E-state index is 9.83. The van der Waals surface area contributed by atoms with Gasteiger partial charge in [-0.2, -0.15) is 5.10 Å². The minimum atomic E-state index is -0.162. The minimum absolute atomic E-state index is 0.162. The molecule has 1 aliphatic carbocycles. The number of aliphatic hydroxyl groups is 1. The van der Waals surface area contributed by atoms with E-state index in [2.05, 4.69) is 38.8 Å². The van der Waals surface area contributed by atoms with Crippen molar-refractivity contribution in [2.45, 2.75) is 38.3 Å². The maximum Gasteiger partial charge on any atom is 0.135 e. The third-order valence-electron chi connectivity index (χ3n) is 4.27. The topological polar surface area (TPSA) is 47.3 Å². The summed E-state index contributed by atoms with van der Waals surface area (Å²) < 4.78 is 8.31. The Kier molecular flexibility index (Phi) is 3.73. The van der Waals surface area contributed by atoms with E-state index in [9.17, 15) is 5.11 Å². The molecule has 1 unspecified atom stereocenters. The molecular formula is C15H19BrN2O2. The number of hydrogen-bond donors (Lipinski definition) is 1. The molecule has 108 valence electrons. The van der Waals surface area contributed by atoms with Crippen molar-refractivity contribution >= 4 is 26.8 Å². The van der Waals surface area contributed by atoms with Crippen molar-refractivity contribution in [3.8, 4) is 5.75 Å². The average Bonchev–Trinajstić information content (AvgIpc) is 2.83. The largest absolute Gasteiger partial charge is 0.495 e. The first-order valence-electron chi connectivity index (χ1n) is 6.99. The van der Waals surface area contributed by atoms with E-state index in [1.807, 2.05) is 12.1 Å². The highest BCUT2D eigenvalue weighted by Crippen LogP contribution is 2.34. The molecule has 0 aliphatic heterocycles. The van der Waals surface area contributed by atoms with E-state index in [0.717, 1.165) is 40.4 Å². The number of halogens is 1. The van der Waals surface area contributed by atoms with Gasteiger partial charge in [0, 0.05) is 17.6 Å². The van der Waals surface area contributed by atoms with Crippen molar-refractivity contribution in [2.75, 3.05) is 7.11 Å². The molecule has 20 heavy (non-hydrogen) atoms. The molecule has 2 aromatic rings.